The van der Waals surface area contributed by atoms with Gasteiger partial charge >= 0.3 is 0 Å². The van der Waals surface area contributed by atoms with Crippen molar-refractivity contribution in [2.75, 3.05) is 31.9 Å². The van der Waals surface area contributed by atoms with E-state index in [4.69, 9.17) is 15.3 Å². The molecule has 3 N–H and O–H groups in total. The summed E-state index contributed by atoms with van der Waals surface area (Å²) >= 11 is 1.23. The highest BCUT2D eigenvalue weighted by molar-refractivity contribution is 7.99. The molecule has 1 aromatic carbocycles. The maximum absolute atomic E-state index is 11.8. The Labute approximate surface area is 163 Å². The summed E-state index contributed by atoms with van der Waals surface area (Å²) in [5, 5.41) is 11.3. The van der Waals surface area contributed by atoms with Crippen LogP contribution in [0.5, 0.6) is 5.75 Å². The molecule has 2 aromatic rings. The van der Waals surface area contributed by atoms with Gasteiger partial charge in [0, 0.05) is 20.3 Å². The van der Waals surface area contributed by atoms with Crippen molar-refractivity contribution in [1.29, 1.82) is 0 Å². The molecule has 1 heterocycles. The van der Waals surface area contributed by atoms with Crippen LogP contribution in [-0.4, -0.2) is 46.8 Å². The summed E-state index contributed by atoms with van der Waals surface area (Å²) in [4.78, 5) is 11.8. The van der Waals surface area contributed by atoms with Crippen LogP contribution in [0.15, 0.2) is 29.4 Å². The largest absolute Gasteiger partial charge is 0.486 e. The van der Waals surface area contributed by atoms with E-state index in [1.54, 1.807) is 7.11 Å². The average molecular weight is 394 g/mol. The Bertz CT molecular complexity index is 718. The molecular formula is C18H27N5O3S. The number of rotatable bonds is 11. The molecule has 27 heavy (non-hydrogen) atoms. The summed E-state index contributed by atoms with van der Waals surface area (Å²) in [5.74, 6) is 7.85. The number of nitrogens with zero attached hydrogens (tertiary/aromatic N) is 3. The average Bonchev–Trinajstić information content (AvgIpc) is 3.02. The number of ether oxygens (including phenoxy) is 2. The van der Waals surface area contributed by atoms with E-state index in [1.807, 2.05) is 24.3 Å². The first-order valence-corrected chi connectivity index (χ1v) is 9.80. The van der Waals surface area contributed by atoms with Gasteiger partial charge in [0.05, 0.1) is 5.75 Å². The number of amides is 1. The van der Waals surface area contributed by atoms with Gasteiger partial charge in [-0.3, -0.25) is 4.79 Å². The number of nitrogens with one attached hydrogen (secondary N) is 1. The lowest BCUT2D eigenvalue weighted by molar-refractivity contribution is -0.118. The quantitative estimate of drug-likeness (QED) is 0.341. The van der Waals surface area contributed by atoms with Crippen LogP contribution in [0.3, 0.4) is 0 Å². The van der Waals surface area contributed by atoms with Crippen LogP contribution in [0.25, 0.3) is 0 Å². The molecule has 9 heteroatoms. The molecule has 0 atom stereocenters. The van der Waals surface area contributed by atoms with Gasteiger partial charge in [-0.15, -0.1) is 10.2 Å². The molecular weight excluding hydrogens is 366 g/mol. The Kier molecular flexibility index (Phi) is 8.41. The summed E-state index contributed by atoms with van der Waals surface area (Å²) in [7, 11) is 1.63. The Morgan fingerprint density at radius 3 is 2.70 bits per heavy atom. The third kappa shape index (κ3) is 6.76. The number of benzene rings is 1. The van der Waals surface area contributed by atoms with Crippen LogP contribution in [0.2, 0.25) is 0 Å². The predicted molar refractivity (Wildman–Crippen MR) is 105 cm³/mol. The Morgan fingerprint density at radius 1 is 1.30 bits per heavy atom. The Balaban J connectivity index is 1.79. The first-order valence-electron chi connectivity index (χ1n) is 8.81. The molecule has 0 aliphatic carbocycles. The van der Waals surface area contributed by atoms with Gasteiger partial charge in [0.2, 0.25) is 11.1 Å². The zero-order valence-electron chi connectivity index (χ0n) is 16.0. The van der Waals surface area contributed by atoms with Gasteiger partial charge < -0.3 is 20.6 Å². The maximum Gasteiger partial charge on any atom is 0.230 e. The fourth-order valence-corrected chi connectivity index (χ4v) is 2.93. The second-order valence-corrected chi connectivity index (χ2v) is 7.21. The van der Waals surface area contributed by atoms with Crippen molar-refractivity contribution in [3.63, 3.8) is 0 Å². The smallest absolute Gasteiger partial charge is 0.230 e. The molecule has 148 valence electrons. The number of hydrogen-bond acceptors (Lipinski definition) is 7. The van der Waals surface area contributed by atoms with Gasteiger partial charge in [-0.1, -0.05) is 37.7 Å². The first-order chi connectivity index (χ1) is 13.0. The van der Waals surface area contributed by atoms with E-state index in [0.717, 1.165) is 12.2 Å². The molecule has 1 aromatic heterocycles. The summed E-state index contributed by atoms with van der Waals surface area (Å²) in [6, 6.07) is 7.94. The van der Waals surface area contributed by atoms with Gasteiger partial charge in [-0.2, -0.15) is 0 Å². The van der Waals surface area contributed by atoms with Gasteiger partial charge in [0.1, 0.15) is 12.4 Å². The highest BCUT2D eigenvalue weighted by atomic mass is 32.2. The zero-order chi connectivity index (χ0) is 19.6. The third-order valence-corrected chi connectivity index (χ3v) is 4.77. The monoisotopic (exact) mass is 393 g/mol. The van der Waals surface area contributed by atoms with Crippen molar-refractivity contribution in [3.8, 4) is 5.75 Å². The van der Waals surface area contributed by atoms with Crippen LogP contribution in [0, 0.1) is 0 Å². The lowest BCUT2D eigenvalue weighted by Gasteiger charge is -2.09. The molecule has 8 nitrogen and oxygen atoms in total. The number of aromatic nitrogens is 3. The van der Waals surface area contributed by atoms with Crippen molar-refractivity contribution >= 4 is 17.7 Å². The topological polar surface area (TPSA) is 104 Å². The zero-order valence-corrected chi connectivity index (χ0v) is 16.8. The van der Waals surface area contributed by atoms with Crippen LogP contribution in [0.1, 0.15) is 37.6 Å². The summed E-state index contributed by atoms with van der Waals surface area (Å²) in [6.07, 6.45) is 0.777. The second-order valence-electron chi connectivity index (χ2n) is 6.27. The van der Waals surface area contributed by atoms with Crippen LogP contribution < -0.4 is 15.9 Å². The molecule has 0 unspecified atom stereocenters. The van der Waals surface area contributed by atoms with Crippen LogP contribution in [0.4, 0.5) is 0 Å². The minimum atomic E-state index is -0.0813. The van der Waals surface area contributed by atoms with Crippen LogP contribution >= 0.6 is 11.8 Å². The normalized spacial score (nSPS) is 11.0. The lowest BCUT2D eigenvalue weighted by atomic mass is 10.0. The number of hydrogen-bond donors (Lipinski definition) is 2. The standard InChI is InChI=1S/C18H27N5O3S/c1-13(2)14-5-7-15(8-6-14)26-11-16-21-22-18(23(16)19)27-12-17(24)20-9-4-10-25-3/h5-8,13H,4,9-12,19H2,1-3H3,(H,20,24). The molecule has 0 saturated carbocycles. The van der Waals surface area contributed by atoms with E-state index in [0.29, 0.717) is 30.1 Å². The highest BCUT2D eigenvalue weighted by Gasteiger charge is 2.13. The molecule has 1 amide bonds. The number of nitrogen functional groups attached to an aromatic ring is 1. The highest BCUT2D eigenvalue weighted by Crippen LogP contribution is 2.20. The van der Waals surface area contributed by atoms with Crippen molar-refractivity contribution in [1.82, 2.24) is 20.2 Å². The third-order valence-electron chi connectivity index (χ3n) is 3.83. The fraction of sp³-hybridized carbons (Fsp3) is 0.500. The van der Waals surface area contributed by atoms with E-state index in [9.17, 15) is 4.79 Å². The molecule has 0 aliphatic rings. The summed E-state index contributed by atoms with van der Waals surface area (Å²) < 4.78 is 12.0. The van der Waals surface area contributed by atoms with Gasteiger partial charge in [0.15, 0.2) is 5.82 Å². The minimum Gasteiger partial charge on any atom is -0.486 e. The molecule has 2 rings (SSSR count). The number of carbonyl (C=O) groups excluding carboxylic acids is 1. The molecule has 0 bridgehead atoms. The maximum atomic E-state index is 11.8. The van der Waals surface area contributed by atoms with Crippen molar-refractivity contribution in [2.24, 2.45) is 0 Å². The fourth-order valence-electron chi connectivity index (χ4n) is 2.23. The van der Waals surface area contributed by atoms with Gasteiger partial charge in [-0.05, 0) is 30.0 Å². The molecule has 0 saturated heterocycles. The first kappa shape index (κ1) is 21.0. The van der Waals surface area contributed by atoms with E-state index in [1.165, 1.54) is 22.0 Å². The van der Waals surface area contributed by atoms with E-state index >= 15 is 0 Å². The van der Waals surface area contributed by atoms with E-state index in [-0.39, 0.29) is 18.3 Å². The van der Waals surface area contributed by atoms with Gasteiger partial charge in [-0.25, -0.2) is 4.68 Å². The number of methoxy groups -OCH3 is 1. The Hall–Kier alpha value is -2.26. The Morgan fingerprint density at radius 2 is 2.04 bits per heavy atom. The number of thioether (sulfide) groups is 1. The molecule has 0 aliphatic heterocycles. The number of carbonyl (C=O) groups is 1. The SMILES string of the molecule is COCCCNC(=O)CSc1nnc(COc2ccc(C(C)C)cc2)n1N. The van der Waals surface area contributed by atoms with E-state index < -0.39 is 0 Å². The molecule has 0 fully saturated rings. The minimum absolute atomic E-state index is 0.0813. The van der Waals surface area contributed by atoms with Gasteiger partial charge in [0.25, 0.3) is 0 Å². The second kappa shape index (κ2) is 10.8. The lowest BCUT2D eigenvalue weighted by Crippen LogP contribution is -2.27. The molecule has 0 spiro atoms. The van der Waals surface area contributed by atoms with Crippen molar-refractivity contribution in [3.05, 3.63) is 35.7 Å². The van der Waals surface area contributed by atoms with Crippen molar-refractivity contribution < 1.29 is 14.3 Å². The van der Waals surface area contributed by atoms with E-state index in [2.05, 4.69) is 29.4 Å². The number of nitrogens with two attached hydrogens (primary N) is 1. The predicted octanol–water partition coefficient (Wildman–Crippen LogP) is 1.94. The molecule has 0 radical (unpaired) electrons. The van der Waals surface area contributed by atoms with Crippen LogP contribution in [-0.2, 0) is 16.1 Å². The summed E-state index contributed by atoms with van der Waals surface area (Å²) in [5.41, 5.74) is 1.25. The summed E-state index contributed by atoms with van der Waals surface area (Å²) in [6.45, 7) is 5.69. The van der Waals surface area contributed by atoms with Crippen molar-refractivity contribution in [2.45, 2.75) is 37.9 Å².